The first-order valence-corrected chi connectivity index (χ1v) is 8.35. The summed E-state index contributed by atoms with van der Waals surface area (Å²) in [6.45, 7) is 17.9. The lowest BCUT2D eigenvalue weighted by molar-refractivity contribution is -0.140. The molecule has 0 rings (SSSR count). The maximum absolute atomic E-state index is 9.82. The van der Waals surface area contributed by atoms with E-state index in [1.54, 1.807) is 20.8 Å². The smallest absolute Gasteiger partial charge is 0.302 e. The molecule has 0 aliphatic carbocycles. The molecule has 0 amide bonds. The molecular formula is C17H41NO3. The van der Waals surface area contributed by atoms with Crippen molar-refractivity contribution in [1.29, 1.82) is 0 Å². The van der Waals surface area contributed by atoms with Gasteiger partial charge in [-0.1, -0.05) is 53.4 Å². The molecule has 2 N–H and O–H groups in total. The summed E-state index contributed by atoms with van der Waals surface area (Å²) in [6, 6.07) is 0. The van der Waals surface area contributed by atoms with Gasteiger partial charge in [0.2, 0.25) is 0 Å². The average Bonchev–Trinajstić information content (AvgIpc) is 2.38. The summed E-state index contributed by atoms with van der Waals surface area (Å²) in [5, 5.41) is 11.2. The normalized spacial score (nSPS) is 8.48. The third kappa shape index (κ3) is 107. The van der Waals surface area contributed by atoms with Crippen LogP contribution in [0.25, 0.3) is 0 Å². The molecule has 0 fully saturated rings. The Morgan fingerprint density at radius 3 is 1.38 bits per heavy atom. The highest BCUT2D eigenvalue weighted by atomic mass is 16.5. The Hall–Kier alpha value is -0.610. The fraction of sp³-hybridized carbons (Fsp3) is 0.941. The Morgan fingerprint density at radius 1 is 1.00 bits per heavy atom. The van der Waals surface area contributed by atoms with Crippen molar-refractivity contribution < 1.29 is 14.6 Å². The summed E-state index contributed by atoms with van der Waals surface area (Å²) in [4.78, 5) is 9.82. The second-order valence-electron chi connectivity index (χ2n) is 4.68. The van der Waals surface area contributed by atoms with E-state index in [0.717, 1.165) is 13.1 Å². The zero-order valence-electron chi connectivity index (χ0n) is 15.8. The molecule has 0 aromatic rings. The Labute approximate surface area is 133 Å². The molecule has 4 nitrogen and oxygen atoms in total. The van der Waals surface area contributed by atoms with Gasteiger partial charge in [0.25, 0.3) is 0 Å². The predicted octanol–water partition coefficient (Wildman–Crippen LogP) is 4.16. The van der Waals surface area contributed by atoms with E-state index in [0.29, 0.717) is 6.61 Å². The highest BCUT2D eigenvalue weighted by Crippen LogP contribution is 1.95. The highest BCUT2D eigenvalue weighted by Gasteiger charge is 1.81. The number of esters is 1. The Bertz CT molecular complexity index is 153. The van der Waals surface area contributed by atoms with Crippen LogP contribution >= 0.6 is 0 Å². The number of carbonyl (C=O) groups is 1. The van der Waals surface area contributed by atoms with Gasteiger partial charge in [0.1, 0.15) is 0 Å². The van der Waals surface area contributed by atoms with Crippen molar-refractivity contribution in [2.75, 3.05) is 19.7 Å². The first kappa shape index (κ1) is 28.5. The van der Waals surface area contributed by atoms with E-state index in [-0.39, 0.29) is 12.1 Å². The van der Waals surface area contributed by atoms with Gasteiger partial charge in [-0.2, -0.15) is 0 Å². The number of aliphatic hydroxyl groups excluding tert-OH is 1. The molecule has 0 heterocycles. The molecule has 0 radical (unpaired) electrons. The van der Waals surface area contributed by atoms with Crippen LogP contribution in [-0.4, -0.2) is 36.9 Å². The minimum atomic E-state index is -0.211. The molecule has 21 heavy (non-hydrogen) atoms. The van der Waals surface area contributed by atoms with Gasteiger partial charge in [0, 0.05) is 13.0 Å². The van der Waals surface area contributed by atoms with Crippen LogP contribution in [0.4, 0.5) is 0 Å². The molecule has 0 unspecified atom stereocenters. The predicted molar refractivity (Wildman–Crippen MR) is 93.7 cm³/mol. The summed E-state index contributed by atoms with van der Waals surface area (Å²) >= 11 is 0. The van der Waals surface area contributed by atoms with Gasteiger partial charge < -0.3 is 15.2 Å². The summed E-state index contributed by atoms with van der Waals surface area (Å²) in [5.41, 5.74) is 0. The van der Waals surface area contributed by atoms with Crippen LogP contribution in [0.5, 0.6) is 0 Å². The Morgan fingerprint density at radius 2 is 1.33 bits per heavy atom. The van der Waals surface area contributed by atoms with Crippen LogP contribution in [-0.2, 0) is 9.53 Å². The maximum atomic E-state index is 9.82. The minimum absolute atomic E-state index is 0.167. The SMILES string of the molecule is CC(C)O.CCCCCC.CCNCC.CCOC(C)=O. The van der Waals surface area contributed by atoms with E-state index < -0.39 is 0 Å². The maximum Gasteiger partial charge on any atom is 0.302 e. The molecule has 0 aliphatic rings. The molecule has 0 spiro atoms. The molecule has 0 atom stereocenters. The van der Waals surface area contributed by atoms with Gasteiger partial charge in [-0.15, -0.1) is 0 Å². The van der Waals surface area contributed by atoms with E-state index >= 15 is 0 Å². The molecule has 0 aromatic heterocycles. The zero-order chi connectivity index (χ0) is 17.5. The average molecular weight is 308 g/mol. The highest BCUT2D eigenvalue weighted by molar-refractivity contribution is 5.65. The third-order valence-electron chi connectivity index (χ3n) is 1.80. The fourth-order valence-corrected chi connectivity index (χ4v) is 0.953. The number of unbranched alkanes of at least 4 members (excludes halogenated alkanes) is 3. The van der Waals surface area contributed by atoms with Crippen molar-refractivity contribution >= 4 is 5.97 Å². The quantitative estimate of drug-likeness (QED) is 0.571. The molecule has 4 heteroatoms. The number of hydrogen-bond donors (Lipinski definition) is 2. The first-order valence-electron chi connectivity index (χ1n) is 8.35. The summed E-state index contributed by atoms with van der Waals surface area (Å²) in [5.74, 6) is -0.211. The fourth-order valence-electron chi connectivity index (χ4n) is 0.953. The van der Waals surface area contributed by atoms with E-state index in [1.165, 1.54) is 32.6 Å². The van der Waals surface area contributed by atoms with Crippen LogP contribution in [0.1, 0.15) is 81.1 Å². The van der Waals surface area contributed by atoms with Gasteiger partial charge >= 0.3 is 5.97 Å². The van der Waals surface area contributed by atoms with Crippen molar-refractivity contribution in [3.8, 4) is 0 Å². The number of carbonyl (C=O) groups excluding carboxylic acids is 1. The van der Waals surface area contributed by atoms with Gasteiger partial charge in [-0.05, 0) is 33.9 Å². The van der Waals surface area contributed by atoms with Crippen LogP contribution in [0, 0.1) is 0 Å². The Kier molecular flexibility index (Phi) is 43.0. The minimum Gasteiger partial charge on any atom is -0.466 e. The van der Waals surface area contributed by atoms with Gasteiger partial charge in [0.15, 0.2) is 0 Å². The molecule has 132 valence electrons. The van der Waals surface area contributed by atoms with Crippen LogP contribution in [0.2, 0.25) is 0 Å². The first-order chi connectivity index (χ1) is 9.83. The molecule has 0 bridgehead atoms. The van der Waals surface area contributed by atoms with Crippen LogP contribution in [0.3, 0.4) is 0 Å². The van der Waals surface area contributed by atoms with Crippen molar-refractivity contribution in [2.24, 2.45) is 0 Å². The Balaban J connectivity index is -0.0000000929. The third-order valence-corrected chi connectivity index (χ3v) is 1.80. The van der Waals surface area contributed by atoms with Crippen LogP contribution < -0.4 is 5.32 Å². The number of rotatable bonds is 6. The number of hydrogen-bond acceptors (Lipinski definition) is 4. The molecule has 0 saturated carbocycles. The molecule has 0 saturated heterocycles. The lowest BCUT2D eigenvalue weighted by Crippen LogP contribution is -2.09. The van der Waals surface area contributed by atoms with Crippen LogP contribution in [0.15, 0.2) is 0 Å². The second kappa shape index (κ2) is 31.7. The van der Waals surface area contributed by atoms with E-state index in [1.807, 2.05) is 0 Å². The van der Waals surface area contributed by atoms with E-state index in [9.17, 15) is 4.79 Å². The summed E-state index contributed by atoms with van der Waals surface area (Å²) < 4.78 is 4.40. The van der Waals surface area contributed by atoms with Crippen molar-refractivity contribution in [1.82, 2.24) is 5.32 Å². The lowest BCUT2D eigenvalue weighted by atomic mass is 10.2. The monoisotopic (exact) mass is 307 g/mol. The zero-order valence-corrected chi connectivity index (χ0v) is 15.8. The topological polar surface area (TPSA) is 58.6 Å². The van der Waals surface area contributed by atoms with Crippen molar-refractivity contribution in [3.63, 3.8) is 0 Å². The number of ether oxygens (including phenoxy) is 1. The molecular weight excluding hydrogens is 266 g/mol. The molecule has 0 aromatic carbocycles. The largest absolute Gasteiger partial charge is 0.466 e. The van der Waals surface area contributed by atoms with Gasteiger partial charge in [-0.25, -0.2) is 0 Å². The van der Waals surface area contributed by atoms with E-state index in [4.69, 9.17) is 5.11 Å². The van der Waals surface area contributed by atoms with Crippen molar-refractivity contribution in [3.05, 3.63) is 0 Å². The van der Waals surface area contributed by atoms with Crippen molar-refractivity contribution in [2.45, 2.75) is 87.2 Å². The standard InChI is InChI=1S/C6H14.C4H11N.C4H8O2.C3H8O/c1-3-5-6-4-2;1-3-5-4-2;1-3-6-4(2)5;1-3(2)4/h3-6H2,1-2H3;5H,3-4H2,1-2H3;3H2,1-2H3;3-4H,1-2H3. The summed E-state index contributed by atoms with van der Waals surface area (Å²) in [7, 11) is 0. The lowest BCUT2D eigenvalue weighted by Gasteiger charge is -1.89. The second-order valence-corrected chi connectivity index (χ2v) is 4.68. The van der Waals surface area contributed by atoms with Gasteiger partial charge in [-0.3, -0.25) is 4.79 Å². The molecule has 0 aliphatic heterocycles. The number of nitrogens with one attached hydrogen (secondary N) is 1. The number of aliphatic hydroxyl groups is 1. The van der Waals surface area contributed by atoms with E-state index in [2.05, 4.69) is 37.7 Å². The summed E-state index contributed by atoms with van der Waals surface area (Å²) in [6.07, 6.45) is 5.37. The van der Waals surface area contributed by atoms with Gasteiger partial charge in [0.05, 0.1) is 6.61 Å².